The van der Waals surface area contributed by atoms with Gasteiger partial charge in [-0.2, -0.15) is 4.37 Å². The van der Waals surface area contributed by atoms with E-state index < -0.39 is 0 Å². The van der Waals surface area contributed by atoms with E-state index in [0.717, 1.165) is 22.4 Å². The maximum Gasteiger partial charge on any atom is 0.238 e. The van der Waals surface area contributed by atoms with Crippen molar-refractivity contribution in [2.45, 2.75) is 0 Å². The molecule has 0 unspecified atom stereocenters. The molecule has 8 nitrogen and oxygen atoms in total. The van der Waals surface area contributed by atoms with Crippen molar-refractivity contribution in [1.82, 2.24) is 4.37 Å². The topological polar surface area (TPSA) is 105 Å². The number of hydrogen-bond donors (Lipinski definition) is 2. The highest BCUT2D eigenvalue weighted by Crippen LogP contribution is 2.44. The van der Waals surface area contributed by atoms with Crippen LogP contribution in [0.2, 0.25) is 0 Å². The zero-order valence-electron chi connectivity index (χ0n) is 17.6. The van der Waals surface area contributed by atoms with Crippen molar-refractivity contribution in [3.63, 3.8) is 0 Å². The number of carbonyl (C=O) groups excluding carboxylic acids is 1. The monoisotopic (exact) mass is 465 g/mol. The lowest BCUT2D eigenvalue weighted by molar-refractivity contribution is -0.114. The molecule has 166 valence electrons. The van der Waals surface area contributed by atoms with E-state index in [-0.39, 0.29) is 24.9 Å². The van der Waals surface area contributed by atoms with Gasteiger partial charge in [0.25, 0.3) is 0 Å². The summed E-state index contributed by atoms with van der Waals surface area (Å²) in [6, 6.07) is 9.22. The summed E-state index contributed by atoms with van der Waals surface area (Å²) >= 11 is 1.33. The summed E-state index contributed by atoms with van der Waals surface area (Å²) in [5.74, 6) is 1.82. The molecule has 0 spiro atoms. The van der Waals surface area contributed by atoms with Crippen molar-refractivity contribution in [1.29, 1.82) is 0 Å². The number of amides is 1. The van der Waals surface area contributed by atoms with E-state index in [1.165, 1.54) is 11.5 Å². The molecule has 0 aliphatic rings. The van der Waals surface area contributed by atoms with Crippen LogP contribution in [0, 0.1) is 0 Å². The molecule has 31 heavy (non-hydrogen) atoms. The third-order valence-electron chi connectivity index (χ3n) is 4.48. The summed E-state index contributed by atoms with van der Waals surface area (Å²) in [5, 5.41) is 4.70. The van der Waals surface area contributed by atoms with Crippen molar-refractivity contribution >= 4 is 35.5 Å². The van der Waals surface area contributed by atoms with Gasteiger partial charge >= 0.3 is 0 Å². The number of ether oxygens (including phenoxy) is 4. The van der Waals surface area contributed by atoms with Gasteiger partial charge < -0.3 is 30.0 Å². The number of hydrogen-bond acceptors (Lipinski definition) is 8. The number of nitrogens with two attached hydrogens (primary N) is 1. The number of methoxy groups -OCH3 is 4. The fourth-order valence-corrected chi connectivity index (χ4v) is 3.76. The van der Waals surface area contributed by atoms with Gasteiger partial charge in [0.05, 0.1) is 46.4 Å². The highest BCUT2D eigenvalue weighted by Gasteiger charge is 2.19. The molecule has 0 aliphatic carbocycles. The van der Waals surface area contributed by atoms with E-state index in [0.29, 0.717) is 28.7 Å². The molecule has 0 bridgehead atoms. The van der Waals surface area contributed by atoms with E-state index in [1.807, 2.05) is 29.6 Å². The average Bonchev–Trinajstić information content (AvgIpc) is 3.27. The van der Waals surface area contributed by atoms with Crippen LogP contribution in [-0.2, 0) is 4.79 Å². The summed E-state index contributed by atoms with van der Waals surface area (Å²) in [6.07, 6.45) is 0. The lowest BCUT2D eigenvalue weighted by atomic mass is 10.0. The van der Waals surface area contributed by atoms with Crippen LogP contribution < -0.4 is 30.0 Å². The predicted octanol–water partition coefficient (Wildman–Crippen LogP) is 3.83. The van der Waals surface area contributed by atoms with Gasteiger partial charge in [-0.25, -0.2) is 0 Å². The lowest BCUT2D eigenvalue weighted by Crippen LogP contribution is -2.22. The molecule has 0 aliphatic heterocycles. The number of anilines is 1. The molecule has 1 aromatic heterocycles. The van der Waals surface area contributed by atoms with Gasteiger partial charge in [-0.1, -0.05) is 6.07 Å². The van der Waals surface area contributed by atoms with Gasteiger partial charge in [0.15, 0.2) is 11.5 Å². The first-order valence-corrected chi connectivity index (χ1v) is 9.83. The minimum Gasteiger partial charge on any atom is -0.495 e. The number of aromatic nitrogens is 1. The zero-order valence-corrected chi connectivity index (χ0v) is 19.2. The number of nitrogens with zero attached hydrogens (tertiary/aromatic N) is 1. The Hall–Kier alpha value is -3.01. The first-order valence-electron chi connectivity index (χ1n) is 8.99. The van der Waals surface area contributed by atoms with Crippen LogP contribution in [0.15, 0.2) is 35.7 Å². The summed E-state index contributed by atoms with van der Waals surface area (Å²) in [4.78, 5) is 11.8. The number of nitrogens with one attached hydrogen (secondary N) is 1. The number of halogens is 1. The highest BCUT2D eigenvalue weighted by atomic mass is 35.5. The Kier molecular flexibility index (Phi) is 8.49. The van der Waals surface area contributed by atoms with Crippen LogP contribution in [0.3, 0.4) is 0 Å². The molecule has 0 atom stereocenters. The number of carbonyl (C=O) groups is 1. The van der Waals surface area contributed by atoms with Crippen molar-refractivity contribution in [2.24, 2.45) is 5.73 Å². The maximum atomic E-state index is 11.8. The molecule has 2 aromatic carbocycles. The Morgan fingerprint density at radius 2 is 1.61 bits per heavy atom. The SMILES string of the molecule is COc1ccc(-c2csnc2-c2cc(OC)c(OC)c(OC)c2)cc1NC(=O)CN.Cl. The summed E-state index contributed by atoms with van der Waals surface area (Å²) in [7, 11) is 6.24. The molecule has 3 aromatic rings. The molecule has 0 radical (unpaired) electrons. The molecule has 0 saturated heterocycles. The summed E-state index contributed by atoms with van der Waals surface area (Å²) < 4.78 is 26.2. The largest absolute Gasteiger partial charge is 0.495 e. The number of benzene rings is 2. The summed E-state index contributed by atoms with van der Waals surface area (Å²) in [5.41, 5.74) is 9.27. The van der Waals surface area contributed by atoms with Crippen molar-refractivity contribution in [3.8, 4) is 45.4 Å². The molecule has 3 rings (SSSR count). The third kappa shape index (κ3) is 5.01. The molecule has 1 heterocycles. The van der Waals surface area contributed by atoms with Gasteiger partial charge in [0.1, 0.15) is 5.75 Å². The Labute approximate surface area is 190 Å². The van der Waals surface area contributed by atoms with Crippen LogP contribution in [0.1, 0.15) is 0 Å². The fraction of sp³-hybridized carbons (Fsp3) is 0.238. The highest BCUT2D eigenvalue weighted by molar-refractivity contribution is 7.04. The fourth-order valence-electron chi connectivity index (χ4n) is 3.04. The van der Waals surface area contributed by atoms with Gasteiger partial charge in [-0.05, 0) is 41.4 Å². The van der Waals surface area contributed by atoms with E-state index >= 15 is 0 Å². The smallest absolute Gasteiger partial charge is 0.238 e. The standard InChI is InChI=1S/C21H23N3O5S.ClH/c1-26-16-6-5-12(7-15(16)23-19(25)10-22)14-11-30-24-20(14)13-8-17(27-2)21(29-4)18(9-13)28-3;/h5-9,11H,10,22H2,1-4H3,(H,23,25);1H. The molecule has 1 amide bonds. The van der Waals surface area contributed by atoms with Crippen LogP contribution >= 0.6 is 23.9 Å². The number of rotatable bonds is 8. The van der Waals surface area contributed by atoms with Gasteiger partial charge in [-0.15, -0.1) is 12.4 Å². The molecule has 0 saturated carbocycles. The van der Waals surface area contributed by atoms with Crippen LogP contribution in [0.5, 0.6) is 23.0 Å². The molecule has 3 N–H and O–H groups in total. The van der Waals surface area contributed by atoms with Crippen molar-refractivity contribution < 1.29 is 23.7 Å². The second-order valence-electron chi connectivity index (χ2n) is 6.16. The molecule has 10 heteroatoms. The van der Waals surface area contributed by atoms with Crippen LogP contribution in [0.4, 0.5) is 5.69 Å². The van der Waals surface area contributed by atoms with Gasteiger partial charge in [0.2, 0.25) is 11.7 Å². The van der Waals surface area contributed by atoms with E-state index in [9.17, 15) is 4.79 Å². The molecular formula is C21H24ClN3O5S. The van der Waals surface area contributed by atoms with Crippen molar-refractivity contribution in [3.05, 3.63) is 35.7 Å². The Bertz CT molecular complexity index is 1030. The molecule has 0 fully saturated rings. The van der Waals surface area contributed by atoms with E-state index in [1.54, 1.807) is 34.5 Å². The third-order valence-corrected chi connectivity index (χ3v) is 5.11. The van der Waals surface area contributed by atoms with Gasteiger partial charge in [0, 0.05) is 16.5 Å². The Morgan fingerprint density at radius 3 is 2.16 bits per heavy atom. The predicted molar refractivity (Wildman–Crippen MR) is 124 cm³/mol. The molecular weight excluding hydrogens is 442 g/mol. The first kappa shape index (κ1) is 24.3. The first-order chi connectivity index (χ1) is 14.6. The maximum absolute atomic E-state index is 11.8. The summed E-state index contributed by atoms with van der Waals surface area (Å²) in [6.45, 7) is -0.121. The Balaban J connectivity index is 0.00000341. The lowest BCUT2D eigenvalue weighted by Gasteiger charge is -2.15. The minimum absolute atomic E-state index is 0. The average molecular weight is 466 g/mol. The van der Waals surface area contributed by atoms with Gasteiger partial charge in [-0.3, -0.25) is 4.79 Å². The van der Waals surface area contributed by atoms with E-state index in [2.05, 4.69) is 9.69 Å². The Morgan fingerprint density at radius 1 is 0.968 bits per heavy atom. The zero-order chi connectivity index (χ0) is 21.7. The quantitative estimate of drug-likeness (QED) is 0.520. The van der Waals surface area contributed by atoms with Crippen molar-refractivity contribution in [2.75, 3.05) is 40.3 Å². The van der Waals surface area contributed by atoms with Crippen LogP contribution in [-0.4, -0.2) is 45.3 Å². The second-order valence-corrected chi connectivity index (χ2v) is 6.79. The van der Waals surface area contributed by atoms with E-state index in [4.69, 9.17) is 24.7 Å². The second kappa shape index (κ2) is 10.9. The normalized spacial score (nSPS) is 10.1. The van der Waals surface area contributed by atoms with Crippen LogP contribution in [0.25, 0.3) is 22.4 Å². The minimum atomic E-state index is -0.307.